The number of nitrogens with two attached hydrogens (primary N) is 2. The first-order valence-electron chi connectivity index (χ1n) is 8.75. The Bertz CT molecular complexity index is 583. The second kappa shape index (κ2) is 6.89. The lowest BCUT2D eigenvalue weighted by Gasteiger charge is -2.36. The summed E-state index contributed by atoms with van der Waals surface area (Å²) < 4.78 is 5.95. The highest BCUT2D eigenvalue weighted by atomic mass is 16.5. The number of rotatable bonds is 5. The Morgan fingerprint density at radius 2 is 1.88 bits per heavy atom. The quantitative estimate of drug-likeness (QED) is 0.716. The van der Waals surface area contributed by atoms with Gasteiger partial charge in [-0.2, -0.15) is 0 Å². The molecular weight excluding hydrogens is 304 g/mol. The van der Waals surface area contributed by atoms with Crippen molar-refractivity contribution in [3.05, 3.63) is 24.3 Å². The highest BCUT2D eigenvalue weighted by Gasteiger charge is 2.48. The van der Waals surface area contributed by atoms with E-state index in [0.29, 0.717) is 24.2 Å². The topological polar surface area (TPSA) is 97.1 Å². The number of hydrogen-bond acceptors (Lipinski definition) is 6. The van der Waals surface area contributed by atoms with Crippen molar-refractivity contribution >= 4 is 11.6 Å². The summed E-state index contributed by atoms with van der Waals surface area (Å²) in [5.41, 5.74) is 11.7. The first-order valence-corrected chi connectivity index (χ1v) is 8.75. The molecule has 1 heterocycles. The van der Waals surface area contributed by atoms with Gasteiger partial charge in [0.25, 0.3) is 0 Å². The molecule has 1 aliphatic carbocycles. The average Bonchev–Trinajstić information content (AvgIpc) is 2.80. The largest absolute Gasteiger partial charge is 0.491 e. The van der Waals surface area contributed by atoms with Gasteiger partial charge < -0.3 is 26.2 Å². The molecule has 1 aromatic carbocycles. The highest BCUT2D eigenvalue weighted by molar-refractivity contribution is 5.80. The van der Waals surface area contributed by atoms with E-state index < -0.39 is 11.8 Å². The number of hydrogen-bond donors (Lipinski definition) is 3. The second-order valence-corrected chi connectivity index (χ2v) is 7.12. The number of benzene rings is 1. The zero-order valence-electron chi connectivity index (χ0n) is 14.3. The fraction of sp³-hybridized carbons (Fsp3) is 0.611. The minimum Gasteiger partial charge on any atom is -0.491 e. The summed E-state index contributed by atoms with van der Waals surface area (Å²) in [6, 6.07) is 7.28. The minimum absolute atomic E-state index is 0.305. The van der Waals surface area contributed by atoms with Gasteiger partial charge in [0.05, 0.1) is 0 Å². The Morgan fingerprint density at radius 1 is 1.21 bits per heavy atom. The van der Waals surface area contributed by atoms with Gasteiger partial charge in [0.1, 0.15) is 17.9 Å². The molecule has 1 aromatic rings. The molecule has 0 radical (unpaired) electrons. The molecule has 0 saturated heterocycles. The van der Waals surface area contributed by atoms with E-state index in [1.54, 1.807) is 24.1 Å². The van der Waals surface area contributed by atoms with E-state index in [4.69, 9.17) is 16.2 Å². The van der Waals surface area contributed by atoms with Crippen molar-refractivity contribution in [2.24, 2.45) is 16.6 Å². The molecule has 1 fully saturated rings. The van der Waals surface area contributed by atoms with E-state index >= 15 is 0 Å². The summed E-state index contributed by atoms with van der Waals surface area (Å²) in [7, 11) is 1.77. The van der Waals surface area contributed by atoms with Crippen molar-refractivity contribution in [3.63, 3.8) is 0 Å². The number of anilines is 1. The van der Waals surface area contributed by atoms with Crippen LogP contribution in [0.3, 0.4) is 0 Å². The smallest absolute Gasteiger partial charge is 0.193 e. The van der Waals surface area contributed by atoms with Crippen LogP contribution in [0.5, 0.6) is 5.75 Å². The molecule has 0 spiro atoms. The molecule has 3 rings (SSSR count). The van der Waals surface area contributed by atoms with Gasteiger partial charge in [0.15, 0.2) is 12.2 Å². The van der Waals surface area contributed by atoms with Crippen LogP contribution in [0, 0.1) is 5.92 Å². The molecule has 6 nitrogen and oxygen atoms in total. The lowest BCUT2D eigenvalue weighted by molar-refractivity contribution is -0.0161. The van der Waals surface area contributed by atoms with Crippen LogP contribution in [0.15, 0.2) is 29.3 Å². The molecule has 2 aliphatic rings. The lowest BCUT2D eigenvalue weighted by Crippen LogP contribution is -2.50. The zero-order chi connectivity index (χ0) is 17.2. The number of aliphatic hydroxyl groups excluding tert-OH is 1. The monoisotopic (exact) mass is 332 g/mol. The van der Waals surface area contributed by atoms with Crippen molar-refractivity contribution in [3.8, 4) is 5.75 Å². The predicted octanol–water partition coefficient (Wildman–Crippen LogP) is 1.94. The number of ether oxygens (including phenoxy) is 1. The van der Waals surface area contributed by atoms with E-state index in [2.05, 4.69) is 4.99 Å². The van der Waals surface area contributed by atoms with Crippen LogP contribution >= 0.6 is 0 Å². The Labute approximate surface area is 143 Å². The number of guanidine groups is 1. The third-order valence-corrected chi connectivity index (χ3v) is 5.28. The molecule has 1 saturated carbocycles. The van der Waals surface area contributed by atoms with Crippen LogP contribution in [0.1, 0.15) is 38.5 Å². The summed E-state index contributed by atoms with van der Waals surface area (Å²) in [5, 5.41) is 10.8. The maximum atomic E-state index is 10.8. The third-order valence-electron chi connectivity index (χ3n) is 5.28. The van der Waals surface area contributed by atoms with Crippen LogP contribution in [0.4, 0.5) is 5.69 Å². The van der Waals surface area contributed by atoms with Crippen molar-refractivity contribution in [2.75, 3.05) is 19.4 Å². The summed E-state index contributed by atoms with van der Waals surface area (Å²) >= 11 is 0. The zero-order valence-corrected chi connectivity index (χ0v) is 14.3. The molecule has 0 aromatic heterocycles. The van der Waals surface area contributed by atoms with Crippen LogP contribution in [0.25, 0.3) is 0 Å². The maximum absolute atomic E-state index is 10.8. The van der Waals surface area contributed by atoms with Gasteiger partial charge in [-0.1, -0.05) is 32.1 Å². The summed E-state index contributed by atoms with van der Waals surface area (Å²) in [5.74, 6) is 1.66. The number of aliphatic imine (C=N–C) groups is 1. The Hall–Kier alpha value is -1.95. The first-order chi connectivity index (χ1) is 11.5. The molecule has 24 heavy (non-hydrogen) atoms. The molecule has 0 bridgehead atoms. The normalized spacial score (nSPS) is 28.0. The number of aliphatic hydroxyl groups is 1. The molecular formula is C18H28N4O2. The van der Waals surface area contributed by atoms with Gasteiger partial charge >= 0.3 is 0 Å². The van der Waals surface area contributed by atoms with Gasteiger partial charge in [-0.05, 0) is 36.6 Å². The Morgan fingerprint density at radius 3 is 2.46 bits per heavy atom. The number of nitrogen functional groups attached to an aromatic ring is 1. The Balaban J connectivity index is 1.75. The number of likely N-dealkylation sites (N-methyl/N-ethyl adjacent to an activating group) is 1. The minimum atomic E-state index is -0.756. The molecule has 132 valence electrons. The van der Waals surface area contributed by atoms with Crippen molar-refractivity contribution < 1.29 is 9.84 Å². The van der Waals surface area contributed by atoms with Crippen LogP contribution < -0.4 is 16.2 Å². The predicted molar refractivity (Wildman–Crippen MR) is 95.7 cm³/mol. The SMILES string of the molecule is CN1C(N)=NC(COc2ccc(N)cc2)(CC2CCCCC2)C1O. The Kier molecular flexibility index (Phi) is 4.85. The van der Waals surface area contributed by atoms with E-state index in [0.717, 1.165) is 12.2 Å². The van der Waals surface area contributed by atoms with Gasteiger partial charge in [-0.3, -0.25) is 0 Å². The lowest BCUT2D eigenvalue weighted by atomic mass is 9.79. The number of nitrogens with zero attached hydrogens (tertiary/aromatic N) is 2. The molecule has 2 atom stereocenters. The summed E-state index contributed by atoms with van der Waals surface area (Å²) in [4.78, 5) is 6.26. The first kappa shape index (κ1) is 16.9. The van der Waals surface area contributed by atoms with Gasteiger partial charge in [0, 0.05) is 12.7 Å². The standard InChI is InChI=1S/C18H28N4O2/c1-22-16(23)18(21-17(22)20,11-13-5-3-2-4-6-13)12-24-15-9-7-14(19)8-10-15/h7-10,13,16,23H,2-6,11-12,19H2,1H3,(H2,20,21). The van der Waals surface area contributed by atoms with Crippen molar-refractivity contribution in [2.45, 2.75) is 50.3 Å². The van der Waals surface area contributed by atoms with Crippen molar-refractivity contribution in [1.29, 1.82) is 0 Å². The fourth-order valence-electron chi connectivity index (χ4n) is 3.83. The van der Waals surface area contributed by atoms with Crippen LogP contribution in [-0.4, -0.2) is 41.4 Å². The second-order valence-electron chi connectivity index (χ2n) is 7.12. The van der Waals surface area contributed by atoms with Gasteiger partial charge in [-0.15, -0.1) is 0 Å². The molecule has 5 N–H and O–H groups in total. The molecule has 0 amide bonds. The molecule has 2 unspecified atom stereocenters. The van der Waals surface area contributed by atoms with Crippen LogP contribution in [0.2, 0.25) is 0 Å². The van der Waals surface area contributed by atoms with E-state index in [-0.39, 0.29) is 0 Å². The average molecular weight is 332 g/mol. The fourth-order valence-corrected chi connectivity index (χ4v) is 3.83. The van der Waals surface area contributed by atoms with E-state index in [1.807, 2.05) is 12.1 Å². The van der Waals surface area contributed by atoms with E-state index in [9.17, 15) is 5.11 Å². The summed E-state index contributed by atoms with van der Waals surface area (Å²) in [6.45, 7) is 0.305. The van der Waals surface area contributed by atoms with Gasteiger partial charge in [0.2, 0.25) is 0 Å². The maximum Gasteiger partial charge on any atom is 0.193 e. The van der Waals surface area contributed by atoms with Crippen LogP contribution in [-0.2, 0) is 0 Å². The molecule has 6 heteroatoms. The summed E-state index contributed by atoms with van der Waals surface area (Å²) in [6.07, 6.45) is 6.24. The van der Waals surface area contributed by atoms with Gasteiger partial charge in [-0.25, -0.2) is 4.99 Å². The highest BCUT2D eigenvalue weighted by Crippen LogP contribution is 2.37. The third kappa shape index (κ3) is 3.43. The van der Waals surface area contributed by atoms with E-state index in [1.165, 1.54) is 32.1 Å². The van der Waals surface area contributed by atoms with Crippen molar-refractivity contribution in [1.82, 2.24) is 4.90 Å². The molecule has 1 aliphatic heterocycles.